The van der Waals surface area contributed by atoms with Crippen LogP contribution in [0.15, 0.2) is 24.3 Å². The Morgan fingerprint density at radius 3 is 2.57 bits per heavy atom. The first-order valence-corrected chi connectivity index (χ1v) is 7.53. The van der Waals surface area contributed by atoms with Gasteiger partial charge in [0, 0.05) is 24.4 Å². The normalized spacial score (nSPS) is 19.0. The Balaban J connectivity index is 1.81. The molecule has 0 heterocycles. The van der Waals surface area contributed by atoms with Crippen molar-refractivity contribution in [3.05, 3.63) is 29.8 Å². The summed E-state index contributed by atoms with van der Waals surface area (Å²) in [5.74, 6) is -1.49. The van der Waals surface area contributed by atoms with E-state index >= 15 is 0 Å². The van der Waals surface area contributed by atoms with E-state index in [-0.39, 0.29) is 36.8 Å². The first-order valence-electron chi connectivity index (χ1n) is 7.53. The van der Waals surface area contributed by atoms with Crippen LogP contribution in [0.5, 0.6) is 0 Å². The number of anilines is 1. The number of amides is 2. The zero-order valence-electron chi connectivity index (χ0n) is 12.9. The Morgan fingerprint density at radius 2 is 1.96 bits per heavy atom. The number of benzene rings is 1. The topological polar surface area (TPSA) is 105 Å². The van der Waals surface area contributed by atoms with Crippen molar-refractivity contribution in [1.82, 2.24) is 5.32 Å². The monoisotopic (exact) mass is 320 g/mol. The molecule has 2 atom stereocenters. The molecule has 0 aromatic heterocycles. The summed E-state index contributed by atoms with van der Waals surface area (Å²) in [6, 6.07) is 6.45. The Morgan fingerprint density at radius 1 is 1.26 bits per heavy atom. The van der Waals surface area contributed by atoms with Crippen molar-refractivity contribution in [3.63, 3.8) is 0 Å². The second kappa shape index (κ2) is 7.73. The van der Waals surface area contributed by atoms with Gasteiger partial charge in [0.25, 0.3) is 5.91 Å². The minimum absolute atomic E-state index is 0.0132. The minimum atomic E-state index is -0.964. The fourth-order valence-corrected chi connectivity index (χ4v) is 2.17. The summed E-state index contributed by atoms with van der Waals surface area (Å²) in [6.07, 6.45) is 0.630. The van der Waals surface area contributed by atoms with E-state index < -0.39 is 5.97 Å². The van der Waals surface area contributed by atoms with E-state index in [0.717, 1.165) is 6.42 Å². The fraction of sp³-hybridized carbons (Fsp3) is 0.438. The molecule has 1 aromatic carbocycles. The molecule has 124 valence electrons. The van der Waals surface area contributed by atoms with E-state index in [9.17, 15) is 14.4 Å². The number of rotatable bonds is 8. The van der Waals surface area contributed by atoms with Crippen LogP contribution in [-0.4, -0.2) is 42.1 Å². The summed E-state index contributed by atoms with van der Waals surface area (Å²) in [6.45, 7) is 2.57. The van der Waals surface area contributed by atoms with E-state index in [1.165, 1.54) is 0 Å². The third-order valence-corrected chi connectivity index (χ3v) is 3.49. The van der Waals surface area contributed by atoms with Crippen LogP contribution < -0.4 is 10.6 Å². The van der Waals surface area contributed by atoms with Crippen molar-refractivity contribution in [1.29, 1.82) is 0 Å². The van der Waals surface area contributed by atoms with Crippen LogP contribution in [0.3, 0.4) is 0 Å². The molecule has 0 saturated heterocycles. The standard InChI is InChI=1S/C16H20N2O5/c1-2-23-13-9-12(13)16(22)18-11-5-3-10(4-6-11)15(21)17-8-7-14(19)20/h3-6,12-13H,2,7-9H2,1H3,(H,17,21)(H,18,22)(H,19,20). The van der Waals surface area contributed by atoms with Gasteiger partial charge < -0.3 is 20.5 Å². The van der Waals surface area contributed by atoms with Gasteiger partial charge in [-0.15, -0.1) is 0 Å². The van der Waals surface area contributed by atoms with Gasteiger partial charge in [-0.05, 0) is 37.6 Å². The van der Waals surface area contributed by atoms with Gasteiger partial charge in [0.2, 0.25) is 5.91 Å². The summed E-state index contributed by atoms with van der Waals surface area (Å²) in [4.78, 5) is 34.1. The lowest BCUT2D eigenvalue weighted by Gasteiger charge is -2.07. The van der Waals surface area contributed by atoms with Crippen LogP contribution in [0.4, 0.5) is 5.69 Å². The van der Waals surface area contributed by atoms with Gasteiger partial charge in [0.05, 0.1) is 18.4 Å². The number of nitrogens with one attached hydrogen (secondary N) is 2. The van der Waals surface area contributed by atoms with E-state index in [1.807, 2.05) is 6.92 Å². The van der Waals surface area contributed by atoms with Crippen molar-refractivity contribution in [2.45, 2.75) is 25.9 Å². The Hall–Kier alpha value is -2.41. The third-order valence-electron chi connectivity index (χ3n) is 3.49. The van der Waals surface area contributed by atoms with Crippen molar-refractivity contribution >= 4 is 23.5 Å². The molecule has 0 bridgehead atoms. The van der Waals surface area contributed by atoms with Crippen LogP contribution in [-0.2, 0) is 14.3 Å². The van der Waals surface area contributed by atoms with E-state index in [1.54, 1.807) is 24.3 Å². The maximum absolute atomic E-state index is 12.0. The summed E-state index contributed by atoms with van der Waals surface area (Å²) in [7, 11) is 0. The van der Waals surface area contributed by atoms with Gasteiger partial charge in [0.15, 0.2) is 0 Å². The summed E-state index contributed by atoms with van der Waals surface area (Å²) in [5, 5.41) is 13.8. The second-order valence-electron chi connectivity index (χ2n) is 5.30. The molecule has 0 radical (unpaired) electrons. The third kappa shape index (κ3) is 5.07. The zero-order chi connectivity index (χ0) is 16.8. The average molecular weight is 320 g/mol. The minimum Gasteiger partial charge on any atom is -0.481 e. The van der Waals surface area contributed by atoms with Crippen molar-refractivity contribution < 1.29 is 24.2 Å². The lowest BCUT2D eigenvalue weighted by atomic mass is 10.2. The Kier molecular flexibility index (Phi) is 5.70. The second-order valence-corrected chi connectivity index (χ2v) is 5.30. The number of hydrogen-bond acceptors (Lipinski definition) is 4. The highest BCUT2D eigenvalue weighted by Gasteiger charge is 2.43. The van der Waals surface area contributed by atoms with E-state index in [4.69, 9.17) is 9.84 Å². The number of carboxylic acid groups (broad SMARTS) is 1. The quantitative estimate of drug-likeness (QED) is 0.669. The number of carbonyl (C=O) groups excluding carboxylic acids is 2. The van der Waals surface area contributed by atoms with E-state index in [0.29, 0.717) is 17.9 Å². The Labute approximate surface area is 134 Å². The number of hydrogen-bond donors (Lipinski definition) is 3. The molecular weight excluding hydrogens is 300 g/mol. The highest BCUT2D eigenvalue weighted by Crippen LogP contribution is 2.34. The molecule has 1 aliphatic carbocycles. The predicted molar refractivity (Wildman–Crippen MR) is 83.2 cm³/mol. The molecule has 3 N–H and O–H groups in total. The van der Waals surface area contributed by atoms with Crippen molar-refractivity contribution in [2.75, 3.05) is 18.5 Å². The maximum atomic E-state index is 12.0. The summed E-state index contributed by atoms with van der Waals surface area (Å²) >= 11 is 0. The van der Waals surface area contributed by atoms with E-state index in [2.05, 4.69) is 10.6 Å². The fourth-order valence-electron chi connectivity index (χ4n) is 2.17. The molecular formula is C16H20N2O5. The average Bonchev–Trinajstić information content (AvgIpc) is 3.27. The highest BCUT2D eigenvalue weighted by molar-refractivity contribution is 5.97. The molecule has 2 rings (SSSR count). The van der Waals surface area contributed by atoms with Crippen LogP contribution >= 0.6 is 0 Å². The SMILES string of the molecule is CCOC1CC1C(=O)Nc1ccc(C(=O)NCCC(=O)O)cc1. The molecule has 1 aromatic rings. The van der Waals surface area contributed by atoms with Crippen LogP contribution in [0, 0.1) is 5.92 Å². The van der Waals surface area contributed by atoms with Gasteiger partial charge in [-0.2, -0.15) is 0 Å². The van der Waals surface area contributed by atoms with Gasteiger partial charge in [0.1, 0.15) is 0 Å². The largest absolute Gasteiger partial charge is 0.481 e. The molecule has 2 amide bonds. The number of ether oxygens (including phenoxy) is 1. The number of carbonyl (C=O) groups is 3. The molecule has 23 heavy (non-hydrogen) atoms. The van der Waals surface area contributed by atoms with Gasteiger partial charge in [-0.3, -0.25) is 14.4 Å². The predicted octanol–water partition coefficient (Wildman–Crippen LogP) is 1.25. The van der Waals surface area contributed by atoms with Crippen LogP contribution in [0.1, 0.15) is 30.1 Å². The van der Waals surface area contributed by atoms with Crippen molar-refractivity contribution in [3.8, 4) is 0 Å². The molecule has 0 spiro atoms. The van der Waals surface area contributed by atoms with Crippen molar-refractivity contribution in [2.24, 2.45) is 5.92 Å². The van der Waals surface area contributed by atoms with Gasteiger partial charge >= 0.3 is 5.97 Å². The summed E-state index contributed by atoms with van der Waals surface area (Å²) < 4.78 is 5.37. The molecule has 1 aliphatic rings. The highest BCUT2D eigenvalue weighted by atomic mass is 16.5. The Bertz CT molecular complexity index is 585. The van der Waals surface area contributed by atoms with Gasteiger partial charge in [-0.1, -0.05) is 0 Å². The zero-order valence-corrected chi connectivity index (χ0v) is 12.9. The molecule has 2 unspecified atom stereocenters. The molecule has 1 saturated carbocycles. The van der Waals surface area contributed by atoms with Crippen LogP contribution in [0.25, 0.3) is 0 Å². The lowest BCUT2D eigenvalue weighted by Crippen LogP contribution is -2.26. The first-order chi connectivity index (χ1) is 11.0. The molecule has 0 aliphatic heterocycles. The smallest absolute Gasteiger partial charge is 0.305 e. The number of carboxylic acids is 1. The molecule has 1 fully saturated rings. The number of aliphatic carboxylic acids is 1. The summed E-state index contributed by atoms with van der Waals surface area (Å²) in [5.41, 5.74) is 1.02. The maximum Gasteiger partial charge on any atom is 0.305 e. The van der Waals surface area contributed by atoms with Crippen LogP contribution in [0.2, 0.25) is 0 Å². The van der Waals surface area contributed by atoms with Gasteiger partial charge in [-0.25, -0.2) is 0 Å². The lowest BCUT2D eigenvalue weighted by molar-refractivity contribution is -0.136. The molecule has 7 heteroatoms. The molecule has 7 nitrogen and oxygen atoms in total. The first kappa shape index (κ1) is 17.0.